The van der Waals surface area contributed by atoms with Crippen LogP contribution in [0.2, 0.25) is 0 Å². The van der Waals surface area contributed by atoms with Gasteiger partial charge in [0.05, 0.1) is 6.61 Å². The van der Waals surface area contributed by atoms with Crippen LogP contribution in [0.4, 0.5) is 0 Å². The lowest BCUT2D eigenvalue weighted by Gasteiger charge is -2.05. The van der Waals surface area contributed by atoms with E-state index in [1.165, 1.54) is 16.7 Å². The number of benzene rings is 1. The number of thioether (sulfide) groups is 1. The van der Waals surface area contributed by atoms with Crippen molar-refractivity contribution in [2.75, 3.05) is 11.5 Å². The molecule has 2 nitrogen and oxygen atoms in total. The van der Waals surface area contributed by atoms with E-state index in [1.54, 1.807) is 0 Å². The van der Waals surface area contributed by atoms with Crippen LogP contribution in [0.1, 0.15) is 12.5 Å². The van der Waals surface area contributed by atoms with Gasteiger partial charge in [-0.2, -0.15) is 11.8 Å². The number of aryl methyl sites for hydroxylation is 1. The van der Waals surface area contributed by atoms with Crippen molar-refractivity contribution in [3.05, 3.63) is 36.0 Å². The number of aromatic nitrogens is 1. The highest BCUT2D eigenvalue weighted by molar-refractivity contribution is 7.99. The average Bonchev–Trinajstić information content (AvgIpc) is 2.73. The first kappa shape index (κ1) is 11.6. The predicted octanol–water partition coefficient (Wildman–Crippen LogP) is 2.89. The van der Waals surface area contributed by atoms with Gasteiger partial charge in [0.15, 0.2) is 0 Å². The van der Waals surface area contributed by atoms with Crippen molar-refractivity contribution in [1.29, 1.82) is 0 Å². The van der Waals surface area contributed by atoms with E-state index in [-0.39, 0.29) is 6.61 Å². The number of hydrogen-bond acceptors (Lipinski definition) is 2. The Balaban J connectivity index is 2.27. The van der Waals surface area contributed by atoms with Crippen LogP contribution in [-0.4, -0.2) is 21.2 Å². The van der Waals surface area contributed by atoms with Crippen molar-refractivity contribution in [3.63, 3.8) is 0 Å². The average molecular weight is 235 g/mol. The number of aliphatic hydroxyl groups is 1. The minimum absolute atomic E-state index is 0.116. The molecule has 0 aliphatic heterocycles. The molecule has 0 amide bonds. The molecule has 0 spiro atoms. The van der Waals surface area contributed by atoms with Gasteiger partial charge in [-0.3, -0.25) is 0 Å². The molecule has 2 aromatic rings. The van der Waals surface area contributed by atoms with Crippen LogP contribution in [0.25, 0.3) is 10.9 Å². The molecule has 1 heterocycles. The maximum atomic E-state index is 9.25. The van der Waals surface area contributed by atoms with E-state index in [2.05, 4.69) is 29.8 Å². The van der Waals surface area contributed by atoms with Gasteiger partial charge in [0.1, 0.15) is 0 Å². The SMILES string of the molecule is CCSCCn1ccc2c(CO)cccc21. The standard InChI is InChI=1S/C13H17NOS/c1-2-16-9-8-14-7-6-12-11(10-15)4-3-5-13(12)14/h3-7,15H,2,8-10H2,1H3. The first-order valence-electron chi connectivity index (χ1n) is 5.62. The molecule has 16 heavy (non-hydrogen) atoms. The molecule has 0 fully saturated rings. The van der Waals surface area contributed by atoms with Crippen LogP contribution in [0.15, 0.2) is 30.5 Å². The molecular formula is C13H17NOS. The van der Waals surface area contributed by atoms with Gasteiger partial charge in [-0.05, 0) is 23.4 Å². The second-order valence-corrected chi connectivity index (χ2v) is 5.11. The summed E-state index contributed by atoms with van der Waals surface area (Å²) in [5.41, 5.74) is 2.24. The molecule has 2 rings (SSSR count). The number of fused-ring (bicyclic) bond motifs is 1. The van der Waals surface area contributed by atoms with Crippen LogP contribution in [0, 0.1) is 0 Å². The zero-order valence-corrected chi connectivity index (χ0v) is 10.3. The smallest absolute Gasteiger partial charge is 0.0688 e. The zero-order chi connectivity index (χ0) is 11.4. The summed E-state index contributed by atoms with van der Waals surface area (Å²) >= 11 is 1.95. The topological polar surface area (TPSA) is 25.2 Å². The van der Waals surface area contributed by atoms with E-state index < -0.39 is 0 Å². The Morgan fingerprint density at radius 1 is 1.31 bits per heavy atom. The Bertz CT molecular complexity index is 464. The molecule has 0 unspecified atom stereocenters. The predicted molar refractivity (Wildman–Crippen MR) is 70.9 cm³/mol. The number of aliphatic hydroxyl groups excluding tert-OH is 1. The molecule has 0 saturated carbocycles. The number of rotatable bonds is 5. The molecule has 0 aliphatic rings. The normalized spacial score (nSPS) is 11.1. The van der Waals surface area contributed by atoms with E-state index in [9.17, 15) is 5.11 Å². The Morgan fingerprint density at radius 2 is 2.19 bits per heavy atom. The summed E-state index contributed by atoms with van der Waals surface area (Å²) in [6.45, 7) is 3.34. The fourth-order valence-corrected chi connectivity index (χ4v) is 2.54. The second-order valence-electron chi connectivity index (χ2n) is 3.71. The van der Waals surface area contributed by atoms with Gasteiger partial charge < -0.3 is 9.67 Å². The van der Waals surface area contributed by atoms with Gasteiger partial charge >= 0.3 is 0 Å². The Labute approximate surface area is 100 Å². The maximum absolute atomic E-state index is 9.25. The molecule has 86 valence electrons. The summed E-state index contributed by atoms with van der Waals surface area (Å²) in [6.07, 6.45) is 2.11. The van der Waals surface area contributed by atoms with Crippen molar-refractivity contribution in [1.82, 2.24) is 4.57 Å². The lowest BCUT2D eigenvalue weighted by molar-refractivity contribution is 0.283. The van der Waals surface area contributed by atoms with Crippen molar-refractivity contribution < 1.29 is 5.11 Å². The molecule has 1 aromatic heterocycles. The van der Waals surface area contributed by atoms with Gasteiger partial charge in [0.2, 0.25) is 0 Å². The summed E-state index contributed by atoms with van der Waals surface area (Å²) < 4.78 is 2.26. The van der Waals surface area contributed by atoms with E-state index in [0.29, 0.717) is 0 Å². The van der Waals surface area contributed by atoms with Gasteiger partial charge in [0.25, 0.3) is 0 Å². The third-order valence-corrected chi connectivity index (χ3v) is 3.63. The molecule has 3 heteroatoms. The number of nitrogens with zero attached hydrogens (tertiary/aromatic N) is 1. The highest BCUT2D eigenvalue weighted by Crippen LogP contribution is 2.20. The van der Waals surface area contributed by atoms with E-state index in [4.69, 9.17) is 0 Å². The summed E-state index contributed by atoms with van der Waals surface area (Å²) in [4.78, 5) is 0. The summed E-state index contributed by atoms with van der Waals surface area (Å²) in [7, 11) is 0. The third-order valence-electron chi connectivity index (χ3n) is 2.75. The van der Waals surface area contributed by atoms with E-state index in [0.717, 1.165) is 17.9 Å². The molecule has 1 aromatic carbocycles. The molecule has 0 radical (unpaired) electrons. The number of hydrogen-bond donors (Lipinski definition) is 1. The second kappa shape index (κ2) is 5.41. The first-order chi connectivity index (χ1) is 7.86. The minimum atomic E-state index is 0.116. The van der Waals surface area contributed by atoms with Crippen LogP contribution < -0.4 is 0 Å². The summed E-state index contributed by atoms with van der Waals surface area (Å²) in [5, 5.41) is 10.4. The fraction of sp³-hybridized carbons (Fsp3) is 0.385. The van der Waals surface area contributed by atoms with Crippen molar-refractivity contribution in [3.8, 4) is 0 Å². The van der Waals surface area contributed by atoms with Gasteiger partial charge in [-0.15, -0.1) is 0 Å². The van der Waals surface area contributed by atoms with E-state index >= 15 is 0 Å². The largest absolute Gasteiger partial charge is 0.392 e. The van der Waals surface area contributed by atoms with Crippen molar-refractivity contribution >= 4 is 22.7 Å². The van der Waals surface area contributed by atoms with Gasteiger partial charge in [-0.1, -0.05) is 19.1 Å². The van der Waals surface area contributed by atoms with Crippen LogP contribution in [0.5, 0.6) is 0 Å². The fourth-order valence-electron chi connectivity index (χ4n) is 1.93. The molecular weight excluding hydrogens is 218 g/mol. The minimum Gasteiger partial charge on any atom is -0.392 e. The highest BCUT2D eigenvalue weighted by atomic mass is 32.2. The molecule has 0 saturated heterocycles. The van der Waals surface area contributed by atoms with Crippen molar-refractivity contribution in [2.24, 2.45) is 0 Å². The lowest BCUT2D eigenvalue weighted by atomic mass is 10.1. The van der Waals surface area contributed by atoms with Crippen LogP contribution in [0.3, 0.4) is 0 Å². The van der Waals surface area contributed by atoms with Crippen LogP contribution in [-0.2, 0) is 13.2 Å². The summed E-state index contributed by atoms with van der Waals surface area (Å²) in [5.74, 6) is 2.31. The van der Waals surface area contributed by atoms with Crippen molar-refractivity contribution in [2.45, 2.75) is 20.1 Å². The lowest BCUT2D eigenvalue weighted by Crippen LogP contribution is -1.98. The molecule has 0 atom stereocenters. The quantitative estimate of drug-likeness (QED) is 0.806. The molecule has 0 bridgehead atoms. The van der Waals surface area contributed by atoms with Gasteiger partial charge in [-0.25, -0.2) is 0 Å². The highest BCUT2D eigenvalue weighted by Gasteiger charge is 2.04. The molecule has 0 aliphatic carbocycles. The molecule has 1 N–H and O–H groups in total. The Kier molecular flexibility index (Phi) is 3.91. The Hall–Kier alpha value is -0.930. The monoisotopic (exact) mass is 235 g/mol. The Morgan fingerprint density at radius 3 is 2.94 bits per heavy atom. The van der Waals surface area contributed by atoms with E-state index in [1.807, 2.05) is 23.9 Å². The first-order valence-corrected chi connectivity index (χ1v) is 6.77. The zero-order valence-electron chi connectivity index (χ0n) is 9.52. The summed E-state index contributed by atoms with van der Waals surface area (Å²) in [6, 6.07) is 8.20. The van der Waals surface area contributed by atoms with Gasteiger partial charge in [0, 0.05) is 29.4 Å². The maximum Gasteiger partial charge on any atom is 0.0688 e. The third kappa shape index (κ3) is 2.25. The van der Waals surface area contributed by atoms with Crippen LogP contribution >= 0.6 is 11.8 Å².